The van der Waals surface area contributed by atoms with Crippen LogP contribution in [-0.4, -0.2) is 26.2 Å². The highest BCUT2D eigenvalue weighted by Crippen LogP contribution is 2.31. The van der Waals surface area contributed by atoms with Crippen LogP contribution in [0.2, 0.25) is 0 Å². The maximum atomic E-state index is 12.1. The molecule has 0 aromatic heterocycles. The summed E-state index contributed by atoms with van der Waals surface area (Å²) in [6.07, 6.45) is 5.17. The summed E-state index contributed by atoms with van der Waals surface area (Å²) >= 11 is 0. The highest BCUT2D eigenvalue weighted by Gasteiger charge is 2.22. The van der Waals surface area contributed by atoms with Crippen LogP contribution in [0.4, 0.5) is 11.4 Å². The summed E-state index contributed by atoms with van der Waals surface area (Å²) in [6, 6.07) is 5.42. The van der Waals surface area contributed by atoms with E-state index in [1.165, 1.54) is 25.7 Å². The molecular formula is C16H24N2O2. The molecule has 0 unspecified atom stereocenters. The molecule has 1 aromatic carbocycles. The van der Waals surface area contributed by atoms with Crippen molar-refractivity contribution in [2.24, 2.45) is 5.92 Å². The third kappa shape index (κ3) is 3.24. The highest BCUT2D eigenvalue weighted by molar-refractivity contribution is 5.99. The van der Waals surface area contributed by atoms with Gasteiger partial charge in [-0.1, -0.05) is 18.9 Å². The Hall–Kier alpha value is -1.71. The van der Waals surface area contributed by atoms with Gasteiger partial charge in [-0.2, -0.15) is 0 Å². The lowest BCUT2D eigenvalue weighted by Crippen LogP contribution is -2.27. The number of ether oxygens (including phenoxy) is 1. The Kier molecular flexibility index (Phi) is 4.88. The lowest BCUT2D eigenvalue weighted by atomic mass is 10.1. The number of carbonyl (C=O) groups is 1. The zero-order valence-corrected chi connectivity index (χ0v) is 12.4. The van der Waals surface area contributed by atoms with Gasteiger partial charge < -0.3 is 15.4 Å². The molecule has 2 N–H and O–H groups in total. The zero-order valence-electron chi connectivity index (χ0n) is 12.4. The standard InChI is InChI=1S/C16H24N2O2/c1-3-20-16(19)13-9-6-10-14(17)15(13)18(2)11-12-7-4-5-8-12/h6,9-10,12H,3-5,7-8,11,17H2,1-2H3. The van der Waals surface area contributed by atoms with Crippen LogP contribution in [0.25, 0.3) is 0 Å². The molecule has 4 nitrogen and oxygen atoms in total. The first kappa shape index (κ1) is 14.7. The molecule has 0 aliphatic heterocycles. The maximum Gasteiger partial charge on any atom is 0.340 e. The lowest BCUT2D eigenvalue weighted by molar-refractivity contribution is 0.0527. The Labute approximate surface area is 120 Å². The first-order chi connectivity index (χ1) is 9.63. The monoisotopic (exact) mass is 276 g/mol. The molecule has 20 heavy (non-hydrogen) atoms. The van der Waals surface area contributed by atoms with Gasteiger partial charge in [-0.25, -0.2) is 4.79 Å². The Morgan fingerprint density at radius 2 is 2.10 bits per heavy atom. The van der Waals surface area contributed by atoms with E-state index < -0.39 is 0 Å². The number of carbonyl (C=O) groups excluding carboxylic acids is 1. The minimum atomic E-state index is -0.298. The van der Waals surface area contributed by atoms with Gasteiger partial charge in [0.25, 0.3) is 0 Å². The van der Waals surface area contributed by atoms with Crippen LogP contribution in [0.15, 0.2) is 18.2 Å². The molecule has 4 heteroatoms. The van der Waals surface area contributed by atoms with Crippen LogP contribution >= 0.6 is 0 Å². The molecule has 1 saturated carbocycles. The molecular weight excluding hydrogens is 252 g/mol. The number of nitrogens with zero attached hydrogens (tertiary/aromatic N) is 1. The van der Waals surface area contributed by atoms with E-state index in [0.717, 1.165) is 12.2 Å². The second-order valence-corrected chi connectivity index (χ2v) is 5.49. The second-order valence-electron chi connectivity index (χ2n) is 5.49. The first-order valence-corrected chi connectivity index (χ1v) is 7.40. The second kappa shape index (κ2) is 6.64. The predicted octanol–water partition coefficient (Wildman–Crippen LogP) is 3.07. The minimum Gasteiger partial charge on any atom is -0.462 e. The average Bonchev–Trinajstić information content (AvgIpc) is 2.91. The van der Waals surface area contributed by atoms with E-state index in [9.17, 15) is 4.79 Å². The van der Waals surface area contributed by atoms with E-state index in [-0.39, 0.29) is 5.97 Å². The van der Waals surface area contributed by atoms with Crippen molar-refractivity contribution >= 4 is 17.3 Å². The van der Waals surface area contributed by atoms with Crippen molar-refractivity contribution in [1.29, 1.82) is 0 Å². The van der Waals surface area contributed by atoms with Crippen LogP contribution in [0.3, 0.4) is 0 Å². The van der Waals surface area contributed by atoms with Gasteiger partial charge in [0, 0.05) is 13.6 Å². The molecule has 0 bridgehead atoms. The average molecular weight is 276 g/mol. The molecule has 1 aromatic rings. The van der Waals surface area contributed by atoms with E-state index in [0.29, 0.717) is 23.8 Å². The van der Waals surface area contributed by atoms with Crippen molar-refractivity contribution in [2.75, 3.05) is 30.8 Å². The van der Waals surface area contributed by atoms with Gasteiger partial charge in [0.15, 0.2) is 0 Å². The van der Waals surface area contributed by atoms with Crippen LogP contribution in [-0.2, 0) is 4.74 Å². The van der Waals surface area contributed by atoms with Crippen molar-refractivity contribution in [3.8, 4) is 0 Å². The van der Waals surface area contributed by atoms with Crippen molar-refractivity contribution in [3.63, 3.8) is 0 Å². The molecule has 2 rings (SSSR count). The summed E-state index contributed by atoms with van der Waals surface area (Å²) in [4.78, 5) is 14.2. The third-order valence-corrected chi connectivity index (χ3v) is 3.95. The fourth-order valence-electron chi connectivity index (χ4n) is 3.03. The summed E-state index contributed by atoms with van der Waals surface area (Å²) in [5.74, 6) is 0.405. The number of nitrogen functional groups attached to an aromatic ring is 1. The Morgan fingerprint density at radius 3 is 2.75 bits per heavy atom. The first-order valence-electron chi connectivity index (χ1n) is 7.40. The van der Waals surface area contributed by atoms with Crippen LogP contribution in [0.5, 0.6) is 0 Å². The Morgan fingerprint density at radius 1 is 1.40 bits per heavy atom. The highest BCUT2D eigenvalue weighted by atomic mass is 16.5. The number of hydrogen-bond acceptors (Lipinski definition) is 4. The summed E-state index contributed by atoms with van der Waals surface area (Å²) in [5.41, 5.74) is 8.08. The molecule has 0 spiro atoms. The normalized spacial score (nSPS) is 15.3. The molecule has 0 saturated heterocycles. The Balaban J connectivity index is 2.21. The van der Waals surface area contributed by atoms with Gasteiger partial charge in [0.1, 0.15) is 0 Å². The smallest absolute Gasteiger partial charge is 0.340 e. The topological polar surface area (TPSA) is 55.6 Å². The van der Waals surface area contributed by atoms with Crippen LogP contribution in [0.1, 0.15) is 43.0 Å². The van der Waals surface area contributed by atoms with E-state index in [1.807, 2.05) is 20.0 Å². The molecule has 110 valence electrons. The number of esters is 1. The fourth-order valence-corrected chi connectivity index (χ4v) is 3.03. The number of benzene rings is 1. The largest absolute Gasteiger partial charge is 0.462 e. The maximum absolute atomic E-state index is 12.1. The van der Waals surface area contributed by atoms with Crippen molar-refractivity contribution < 1.29 is 9.53 Å². The van der Waals surface area contributed by atoms with Crippen LogP contribution < -0.4 is 10.6 Å². The van der Waals surface area contributed by atoms with Crippen molar-refractivity contribution in [1.82, 2.24) is 0 Å². The lowest BCUT2D eigenvalue weighted by Gasteiger charge is -2.26. The van der Waals surface area contributed by atoms with E-state index in [2.05, 4.69) is 4.90 Å². The molecule has 1 aliphatic carbocycles. The predicted molar refractivity (Wildman–Crippen MR) is 82.0 cm³/mol. The number of para-hydroxylation sites is 1. The fraction of sp³-hybridized carbons (Fsp3) is 0.562. The minimum absolute atomic E-state index is 0.298. The summed E-state index contributed by atoms with van der Waals surface area (Å²) in [7, 11) is 2.01. The summed E-state index contributed by atoms with van der Waals surface area (Å²) in [6.45, 7) is 3.13. The molecule has 0 atom stereocenters. The number of hydrogen-bond donors (Lipinski definition) is 1. The third-order valence-electron chi connectivity index (χ3n) is 3.95. The van der Waals surface area contributed by atoms with Gasteiger partial charge in [0.2, 0.25) is 0 Å². The molecule has 0 radical (unpaired) electrons. The number of anilines is 2. The van der Waals surface area contributed by atoms with Crippen molar-refractivity contribution in [2.45, 2.75) is 32.6 Å². The van der Waals surface area contributed by atoms with Gasteiger partial charge in [-0.05, 0) is 37.8 Å². The number of rotatable bonds is 5. The van der Waals surface area contributed by atoms with Gasteiger partial charge in [-0.3, -0.25) is 0 Å². The van der Waals surface area contributed by atoms with E-state index >= 15 is 0 Å². The quantitative estimate of drug-likeness (QED) is 0.663. The van der Waals surface area contributed by atoms with Gasteiger partial charge in [-0.15, -0.1) is 0 Å². The van der Waals surface area contributed by atoms with Crippen molar-refractivity contribution in [3.05, 3.63) is 23.8 Å². The molecule has 0 amide bonds. The Bertz CT molecular complexity index is 468. The molecule has 1 fully saturated rings. The number of nitrogens with two attached hydrogens (primary N) is 1. The zero-order chi connectivity index (χ0) is 14.5. The molecule has 1 aliphatic rings. The summed E-state index contributed by atoms with van der Waals surface area (Å²) < 4.78 is 5.12. The van der Waals surface area contributed by atoms with Gasteiger partial charge >= 0.3 is 5.97 Å². The van der Waals surface area contributed by atoms with E-state index in [4.69, 9.17) is 10.5 Å². The SMILES string of the molecule is CCOC(=O)c1cccc(N)c1N(C)CC1CCCC1. The van der Waals surface area contributed by atoms with E-state index in [1.54, 1.807) is 12.1 Å². The molecule has 0 heterocycles. The summed E-state index contributed by atoms with van der Waals surface area (Å²) in [5, 5.41) is 0. The van der Waals surface area contributed by atoms with Gasteiger partial charge in [0.05, 0.1) is 23.5 Å². The van der Waals surface area contributed by atoms with Crippen LogP contribution in [0, 0.1) is 5.92 Å².